The van der Waals surface area contributed by atoms with Crippen LogP contribution in [0.4, 0.5) is 4.39 Å². The molecule has 0 heterocycles. The number of benzene rings is 1. The van der Waals surface area contributed by atoms with Gasteiger partial charge in [-0.2, -0.15) is 0 Å². The lowest BCUT2D eigenvalue weighted by molar-refractivity contribution is 0.556. The Hall–Kier alpha value is -0.890. The average molecular weight is 223 g/mol. The summed E-state index contributed by atoms with van der Waals surface area (Å²) < 4.78 is 13.9. The third kappa shape index (κ3) is 3.31. The van der Waals surface area contributed by atoms with E-state index in [0.29, 0.717) is 5.92 Å². The molecular formula is C14H22FN. The zero-order valence-corrected chi connectivity index (χ0v) is 10.5. The molecular weight excluding hydrogens is 201 g/mol. The summed E-state index contributed by atoms with van der Waals surface area (Å²) in [5.74, 6) is 0.320. The van der Waals surface area contributed by atoms with E-state index in [1.807, 2.05) is 19.2 Å². The molecule has 0 atom stereocenters. The van der Waals surface area contributed by atoms with Crippen molar-refractivity contribution in [2.24, 2.45) is 0 Å². The van der Waals surface area contributed by atoms with Crippen molar-refractivity contribution >= 4 is 0 Å². The quantitative estimate of drug-likeness (QED) is 0.778. The van der Waals surface area contributed by atoms with E-state index in [2.05, 4.69) is 19.2 Å². The van der Waals surface area contributed by atoms with Crippen molar-refractivity contribution in [3.05, 3.63) is 35.1 Å². The van der Waals surface area contributed by atoms with E-state index in [0.717, 1.165) is 36.9 Å². The second-order valence-electron chi connectivity index (χ2n) is 4.22. The fourth-order valence-corrected chi connectivity index (χ4v) is 2.06. The molecule has 2 heteroatoms. The van der Waals surface area contributed by atoms with Crippen molar-refractivity contribution in [2.45, 2.75) is 39.0 Å². The number of likely N-dealkylation sites (N-methyl/N-ethyl adjacent to an activating group) is 1. The van der Waals surface area contributed by atoms with Crippen LogP contribution in [0.15, 0.2) is 18.2 Å². The highest BCUT2D eigenvalue weighted by Gasteiger charge is 2.12. The number of halogens is 1. The molecule has 0 amide bonds. The third-order valence-corrected chi connectivity index (χ3v) is 3.15. The minimum absolute atomic E-state index is 0.0395. The first-order valence-electron chi connectivity index (χ1n) is 6.15. The highest BCUT2D eigenvalue weighted by Crippen LogP contribution is 2.26. The summed E-state index contributed by atoms with van der Waals surface area (Å²) in [5, 5.41) is 3.07. The van der Waals surface area contributed by atoms with E-state index < -0.39 is 0 Å². The molecule has 0 aromatic heterocycles. The van der Waals surface area contributed by atoms with E-state index in [1.165, 1.54) is 0 Å². The Morgan fingerprint density at radius 1 is 1.25 bits per heavy atom. The summed E-state index contributed by atoms with van der Waals surface area (Å²) in [6, 6.07) is 5.69. The van der Waals surface area contributed by atoms with Gasteiger partial charge in [0.2, 0.25) is 0 Å². The molecule has 1 aromatic carbocycles. The molecule has 16 heavy (non-hydrogen) atoms. The molecule has 0 aliphatic heterocycles. The maximum absolute atomic E-state index is 13.9. The lowest BCUT2D eigenvalue weighted by Crippen LogP contribution is -2.10. The molecule has 0 aliphatic carbocycles. The fraction of sp³-hybridized carbons (Fsp3) is 0.571. The first-order chi connectivity index (χ1) is 7.72. The molecule has 1 nitrogen and oxygen atoms in total. The van der Waals surface area contributed by atoms with E-state index >= 15 is 0 Å². The molecule has 1 rings (SSSR count). The van der Waals surface area contributed by atoms with Crippen molar-refractivity contribution in [1.29, 1.82) is 0 Å². The van der Waals surface area contributed by atoms with Crippen LogP contribution >= 0.6 is 0 Å². The summed E-state index contributed by atoms with van der Waals surface area (Å²) in [6.07, 6.45) is 2.89. The predicted octanol–water partition coefficient (Wildman–Crippen LogP) is 3.49. The molecule has 0 bridgehead atoms. The normalized spacial score (nSPS) is 11.1. The van der Waals surface area contributed by atoms with Gasteiger partial charge in [-0.1, -0.05) is 26.0 Å². The maximum Gasteiger partial charge on any atom is 0.126 e. The van der Waals surface area contributed by atoms with Gasteiger partial charge in [0.1, 0.15) is 5.82 Å². The summed E-state index contributed by atoms with van der Waals surface area (Å²) >= 11 is 0. The van der Waals surface area contributed by atoms with Crippen molar-refractivity contribution in [1.82, 2.24) is 5.32 Å². The second kappa shape index (κ2) is 6.64. The number of rotatable bonds is 6. The molecule has 0 unspecified atom stereocenters. The first-order valence-corrected chi connectivity index (χ1v) is 6.15. The van der Waals surface area contributed by atoms with Gasteiger partial charge >= 0.3 is 0 Å². The summed E-state index contributed by atoms with van der Waals surface area (Å²) in [5.41, 5.74) is 1.94. The number of hydrogen-bond donors (Lipinski definition) is 1. The van der Waals surface area contributed by atoms with Gasteiger partial charge in [-0.25, -0.2) is 4.39 Å². The third-order valence-electron chi connectivity index (χ3n) is 3.15. The fourth-order valence-electron chi connectivity index (χ4n) is 2.06. The van der Waals surface area contributed by atoms with Crippen molar-refractivity contribution in [3.8, 4) is 0 Å². The molecule has 90 valence electrons. The zero-order chi connectivity index (χ0) is 12.0. The van der Waals surface area contributed by atoms with Crippen molar-refractivity contribution in [3.63, 3.8) is 0 Å². The van der Waals surface area contributed by atoms with Gasteiger partial charge in [-0.05, 0) is 56.0 Å². The molecule has 0 fully saturated rings. The Morgan fingerprint density at radius 2 is 1.94 bits per heavy atom. The van der Waals surface area contributed by atoms with Crippen molar-refractivity contribution in [2.75, 3.05) is 13.6 Å². The minimum Gasteiger partial charge on any atom is -0.319 e. The van der Waals surface area contributed by atoms with Crippen LogP contribution < -0.4 is 5.32 Å². The van der Waals surface area contributed by atoms with Crippen LogP contribution in [0, 0.1) is 5.82 Å². The van der Waals surface area contributed by atoms with Crippen LogP contribution in [0.2, 0.25) is 0 Å². The molecule has 0 spiro atoms. The molecule has 1 aromatic rings. The van der Waals surface area contributed by atoms with E-state index in [1.54, 1.807) is 6.07 Å². The van der Waals surface area contributed by atoms with Crippen LogP contribution in [-0.4, -0.2) is 13.6 Å². The Morgan fingerprint density at radius 3 is 2.44 bits per heavy atom. The Balaban J connectivity index is 2.82. The highest BCUT2D eigenvalue weighted by molar-refractivity contribution is 5.27. The van der Waals surface area contributed by atoms with Crippen LogP contribution in [0.1, 0.15) is 43.7 Å². The molecule has 0 radical (unpaired) electrons. The van der Waals surface area contributed by atoms with Gasteiger partial charge in [-0.15, -0.1) is 0 Å². The first kappa shape index (κ1) is 13.2. The molecule has 0 aliphatic rings. The Bertz CT molecular complexity index is 319. The topological polar surface area (TPSA) is 12.0 Å². The molecule has 1 N–H and O–H groups in total. The monoisotopic (exact) mass is 223 g/mol. The van der Waals surface area contributed by atoms with Gasteiger partial charge < -0.3 is 5.32 Å². The summed E-state index contributed by atoms with van der Waals surface area (Å²) in [6.45, 7) is 5.12. The van der Waals surface area contributed by atoms with E-state index in [9.17, 15) is 4.39 Å². The number of hydrogen-bond acceptors (Lipinski definition) is 1. The van der Waals surface area contributed by atoms with E-state index in [-0.39, 0.29) is 5.82 Å². The average Bonchev–Trinajstić information content (AvgIpc) is 2.30. The van der Waals surface area contributed by atoms with Crippen LogP contribution in [0.25, 0.3) is 0 Å². The largest absolute Gasteiger partial charge is 0.319 e. The van der Waals surface area contributed by atoms with E-state index in [4.69, 9.17) is 0 Å². The molecule has 0 saturated heterocycles. The lowest BCUT2D eigenvalue weighted by Gasteiger charge is -2.14. The zero-order valence-electron chi connectivity index (χ0n) is 10.5. The SMILES string of the molecule is CCC(CC)c1ccc(CCNC)cc1F. The highest BCUT2D eigenvalue weighted by atomic mass is 19.1. The van der Waals surface area contributed by atoms with Gasteiger partial charge in [0, 0.05) is 0 Å². The smallest absolute Gasteiger partial charge is 0.126 e. The predicted molar refractivity (Wildman–Crippen MR) is 67.4 cm³/mol. The Labute approximate surface area is 98.1 Å². The second-order valence-corrected chi connectivity index (χ2v) is 4.22. The molecule has 0 saturated carbocycles. The van der Waals surface area contributed by atoms with Gasteiger partial charge in [-0.3, -0.25) is 0 Å². The Kier molecular flexibility index (Phi) is 5.47. The lowest BCUT2D eigenvalue weighted by atomic mass is 9.92. The van der Waals surface area contributed by atoms with Gasteiger partial charge in [0.25, 0.3) is 0 Å². The standard InChI is InChI=1S/C14H22FN/c1-4-12(5-2)13-7-6-11(8-9-16-3)10-14(13)15/h6-7,10,12,16H,4-5,8-9H2,1-3H3. The number of nitrogens with one attached hydrogen (secondary N) is 1. The van der Waals surface area contributed by atoms with Crippen LogP contribution in [0.3, 0.4) is 0 Å². The van der Waals surface area contributed by atoms with Crippen LogP contribution in [0.5, 0.6) is 0 Å². The van der Waals surface area contributed by atoms with Gasteiger partial charge in [0.15, 0.2) is 0 Å². The van der Waals surface area contributed by atoms with Gasteiger partial charge in [0.05, 0.1) is 0 Å². The summed E-state index contributed by atoms with van der Waals surface area (Å²) in [7, 11) is 1.91. The maximum atomic E-state index is 13.9. The minimum atomic E-state index is -0.0395. The van der Waals surface area contributed by atoms with Crippen LogP contribution in [-0.2, 0) is 6.42 Å². The van der Waals surface area contributed by atoms with Crippen molar-refractivity contribution < 1.29 is 4.39 Å². The summed E-state index contributed by atoms with van der Waals surface area (Å²) in [4.78, 5) is 0.